The van der Waals surface area contributed by atoms with Gasteiger partial charge in [0.15, 0.2) is 0 Å². The van der Waals surface area contributed by atoms with Crippen LogP contribution < -0.4 is 14.8 Å². The molecule has 0 aliphatic rings. The lowest BCUT2D eigenvalue weighted by Crippen LogP contribution is -2.35. The molecule has 10 heteroatoms. The molecule has 0 saturated carbocycles. The number of halogens is 6. The van der Waals surface area contributed by atoms with Crippen LogP contribution in [0.3, 0.4) is 0 Å². The Kier molecular flexibility index (Phi) is 9.00. The second-order valence-corrected chi connectivity index (χ2v) is 6.68. The largest absolute Gasteiger partial charge is 0.573 e. The monoisotopic (exact) mass is 451 g/mol. The molecular weight excluding hydrogens is 428 g/mol. The van der Waals surface area contributed by atoms with E-state index in [-0.39, 0.29) is 25.3 Å². The zero-order chi connectivity index (χ0) is 22.9. The van der Waals surface area contributed by atoms with E-state index >= 15 is 0 Å². The van der Waals surface area contributed by atoms with Gasteiger partial charge in [-0.3, -0.25) is 0 Å². The van der Waals surface area contributed by atoms with Crippen molar-refractivity contribution in [1.82, 2.24) is 5.32 Å². The lowest BCUT2D eigenvalue weighted by Gasteiger charge is -2.18. The van der Waals surface area contributed by atoms with Gasteiger partial charge in [0, 0.05) is 13.7 Å². The second-order valence-electron chi connectivity index (χ2n) is 6.68. The van der Waals surface area contributed by atoms with Crippen molar-refractivity contribution in [2.75, 3.05) is 20.3 Å². The summed E-state index contributed by atoms with van der Waals surface area (Å²) >= 11 is 0. The van der Waals surface area contributed by atoms with Gasteiger partial charge < -0.3 is 14.2 Å². The van der Waals surface area contributed by atoms with Gasteiger partial charge in [0.1, 0.15) is 18.1 Å². The Bertz CT molecular complexity index is 810. The van der Waals surface area contributed by atoms with Gasteiger partial charge in [-0.15, -0.1) is 13.2 Å². The number of hydrogen-bond donors (Lipinski definition) is 1. The van der Waals surface area contributed by atoms with Gasteiger partial charge >= 0.3 is 12.7 Å². The fourth-order valence-corrected chi connectivity index (χ4v) is 2.86. The zero-order valence-electron chi connectivity index (χ0n) is 16.7. The van der Waals surface area contributed by atoms with Crippen molar-refractivity contribution >= 4 is 0 Å². The predicted molar refractivity (Wildman–Crippen MR) is 102 cm³/mol. The van der Waals surface area contributed by atoms with E-state index in [4.69, 9.17) is 9.47 Å². The summed E-state index contributed by atoms with van der Waals surface area (Å²) in [6, 6.07) is 12.8. The van der Waals surface area contributed by atoms with Crippen molar-refractivity contribution in [3.05, 3.63) is 59.7 Å². The molecule has 4 nitrogen and oxygen atoms in total. The summed E-state index contributed by atoms with van der Waals surface area (Å²) in [6.45, 7) is -0.245. The maximum atomic E-state index is 12.4. The maximum absolute atomic E-state index is 12.4. The third-order valence-corrected chi connectivity index (χ3v) is 4.34. The van der Waals surface area contributed by atoms with Crippen LogP contribution in [-0.2, 0) is 17.6 Å². The normalized spacial score (nSPS) is 13.1. The van der Waals surface area contributed by atoms with Gasteiger partial charge in [-0.1, -0.05) is 30.3 Å². The highest BCUT2D eigenvalue weighted by Crippen LogP contribution is 2.25. The van der Waals surface area contributed by atoms with Crippen molar-refractivity contribution < 1.29 is 40.6 Å². The van der Waals surface area contributed by atoms with E-state index in [0.717, 1.165) is 5.56 Å². The van der Waals surface area contributed by atoms with Crippen LogP contribution in [0.2, 0.25) is 0 Å². The highest BCUT2D eigenvalue weighted by molar-refractivity contribution is 5.35. The first-order chi connectivity index (χ1) is 14.6. The van der Waals surface area contributed by atoms with Crippen LogP contribution in [0.1, 0.15) is 17.5 Å². The Morgan fingerprint density at radius 2 is 1.68 bits per heavy atom. The molecule has 0 fully saturated rings. The summed E-state index contributed by atoms with van der Waals surface area (Å²) in [5.41, 5.74) is 1.47. The average Bonchev–Trinajstić information content (AvgIpc) is 2.67. The third-order valence-electron chi connectivity index (χ3n) is 4.34. The Morgan fingerprint density at radius 3 is 2.35 bits per heavy atom. The van der Waals surface area contributed by atoms with Gasteiger partial charge in [-0.25, -0.2) is 5.32 Å². The van der Waals surface area contributed by atoms with E-state index in [0.29, 0.717) is 24.2 Å². The van der Waals surface area contributed by atoms with E-state index in [1.54, 1.807) is 24.3 Å². The molecule has 0 spiro atoms. The van der Waals surface area contributed by atoms with Gasteiger partial charge in [-0.05, 0) is 48.6 Å². The third kappa shape index (κ3) is 9.93. The SMILES string of the molecule is COC(CCNC(F)(F)F)COc1ccccc1CCc1cccc(OC(F)(F)F)c1. The minimum Gasteiger partial charge on any atom is -0.491 e. The predicted octanol–water partition coefficient (Wildman–Crippen LogP) is 5.26. The van der Waals surface area contributed by atoms with Crippen LogP contribution in [-0.4, -0.2) is 39.0 Å². The molecule has 0 bridgehead atoms. The van der Waals surface area contributed by atoms with E-state index in [9.17, 15) is 26.3 Å². The lowest BCUT2D eigenvalue weighted by atomic mass is 10.0. The summed E-state index contributed by atoms with van der Waals surface area (Å²) in [4.78, 5) is 0. The molecule has 31 heavy (non-hydrogen) atoms. The number of nitrogens with one attached hydrogen (secondary N) is 1. The molecule has 1 atom stereocenters. The van der Waals surface area contributed by atoms with E-state index in [1.165, 1.54) is 30.6 Å². The first-order valence-corrected chi connectivity index (χ1v) is 9.45. The molecule has 1 N–H and O–H groups in total. The molecule has 0 saturated heterocycles. The fourth-order valence-electron chi connectivity index (χ4n) is 2.86. The number of ether oxygens (including phenoxy) is 3. The van der Waals surface area contributed by atoms with Crippen molar-refractivity contribution in [3.63, 3.8) is 0 Å². The fraction of sp³-hybridized carbons (Fsp3) is 0.429. The molecule has 0 aliphatic heterocycles. The highest BCUT2D eigenvalue weighted by Gasteiger charge is 2.31. The second kappa shape index (κ2) is 11.2. The summed E-state index contributed by atoms with van der Waals surface area (Å²) < 4.78 is 88.6. The number of alkyl halides is 6. The summed E-state index contributed by atoms with van der Waals surface area (Å²) in [5, 5.41) is 1.44. The zero-order valence-corrected chi connectivity index (χ0v) is 16.7. The minimum absolute atomic E-state index is 0.0575. The number of benzene rings is 2. The molecule has 0 radical (unpaired) electrons. The smallest absolute Gasteiger partial charge is 0.491 e. The molecule has 0 aromatic heterocycles. The lowest BCUT2D eigenvalue weighted by molar-refractivity contribution is -0.274. The van der Waals surface area contributed by atoms with Crippen molar-refractivity contribution in [2.24, 2.45) is 0 Å². The number of para-hydroxylation sites is 1. The molecule has 2 aromatic rings. The molecule has 0 heterocycles. The summed E-state index contributed by atoms with van der Waals surface area (Å²) in [5.74, 6) is 0.251. The summed E-state index contributed by atoms with van der Waals surface area (Å²) in [6.07, 6.45) is -8.72. The van der Waals surface area contributed by atoms with Gasteiger partial charge in [0.05, 0.1) is 6.10 Å². The van der Waals surface area contributed by atoms with Crippen LogP contribution >= 0.6 is 0 Å². The first kappa shape index (κ1) is 24.8. The quantitative estimate of drug-likeness (QED) is 0.374. The number of methoxy groups -OCH3 is 1. The van der Waals surface area contributed by atoms with Gasteiger partial charge in [0.2, 0.25) is 0 Å². The highest BCUT2D eigenvalue weighted by atomic mass is 19.4. The van der Waals surface area contributed by atoms with E-state index in [1.807, 2.05) is 6.07 Å². The molecule has 1 unspecified atom stereocenters. The number of aryl methyl sites for hydroxylation is 2. The van der Waals surface area contributed by atoms with E-state index in [2.05, 4.69) is 4.74 Å². The standard InChI is InChI=1S/C21H23F6NO3/c1-29-18(11-12-28-20(22,23)24)14-30-19-8-3-2-6-16(19)10-9-15-5-4-7-17(13-15)31-21(25,26)27/h2-8,13,18,28H,9-12,14H2,1H3. The van der Waals surface area contributed by atoms with Crippen LogP contribution in [0, 0.1) is 0 Å². The molecule has 2 rings (SSSR count). The Hall–Kier alpha value is -2.46. The Morgan fingerprint density at radius 1 is 0.935 bits per heavy atom. The van der Waals surface area contributed by atoms with Crippen LogP contribution in [0.15, 0.2) is 48.5 Å². The summed E-state index contributed by atoms with van der Waals surface area (Å²) in [7, 11) is 1.39. The van der Waals surface area contributed by atoms with Crippen molar-refractivity contribution in [1.29, 1.82) is 0 Å². The first-order valence-electron chi connectivity index (χ1n) is 9.45. The van der Waals surface area contributed by atoms with Crippen LogP contribution in [0.5, 0.6) is 11.5 Å². The van der Waals surface area contributed by atoms with Crippen molar-refractivity contribution in [3.8, 4) is 11.5 Å². The molecule has 172 valence electrons. The maximum Gasteiger partial charge on any atom is 0.573 e. The van der Waals surface area contributed by atoms with Crippen molar-refractivity contribution in [2.45, 2.75) is 38.0 Å². The Balaban J connectivity index is 1.92. The van der Waals surface area contributed by atoms with Crippen LogP contribution in [0.4, 0.5) is 26.3 Å². The Labute approximate surface area is 176 Å². The minimum atomic E-state index is -4.76. The van der Waals surface area contributed by atoms with Crippen LogP contribution in [0.25, 0.3) is 0 Å². The molecule has 2 aromatic carbocycles. The number of hydrogen-bond acceptors (Lipinski definition) is 4. The number of rotatable bonds is 11. The average molecular weight is 451 g/mol. The van der Waals surface area contributed by atoms with Gasteiger partial charge in [-0.2, -0.15) is 13.2 Å². The van der Waals surface area contributed by atoms with Gasteiger partial charge in [0.25, 0.3) is 0 Å². The van der Waals surface area contributed by atoms with E-state index < -0.39 is 18.8 Å². The topological polar surface area (TPSA) is 39.7 Å². The molecule has 0 aliphatic carbocycles. The molecule has 0 amide bonds. The molecular formula is C21H23F6NO3.